The Morgan fingerprint density at radius 3 is 2.44 bits per heavy atom. The minimum atomic E-state index is -3.07. The number of nitrogens with zero attached hydrogens (tertiary/aromatic N) is 1. The molecule has 106 valence electrons. The maximum atomic E-state index is 12.6. The fraction of sp³-hybridized carbons (Fsp3) is 1.00. The lowest BCUT2D eigenvalue weighted by Crippen LogP contribution is -2.48. The molecule has 0 aromatic heterocycles. The van der Waals surface area contributed by atoms with E-state index in [4.69, 9.17) is 5.73 Å². The van der Waals surface area contributed by atoms with Crippen LogP contribution in [0.3, 0.4) is 0 Å². The van der Waals surface area contributed by atoms with Crippen LogP contribution in [-0.2, 0) is 10.0 Å². The second-order valence-electron chi connectivity index (χ2n) is 5.92. The minimum absolute atomic E-state index is 0.127. The first-order valence-electron chi connectivity index (χ1n) is 7.24. The van der Waals surface area contributed by atoms with Crippen LogP contribution in [0.5, 0.6) is 0 Å². The molecule has 0 aromatic rings. The molecule has 0 aromatic carbocycles. The van der Waals surface area contributed by atoms with Crippen LogP contribution in [0.4, 0.5) is 0 Å². The Balaban J connectivity index is 2.05. The summed E-state index contributed by atoms with van der Waals surface area (Å²) in [5.41, 5.74) is 5.76. The smallest absolute Gasteiger partial charge is 0.216 e. The molecule has 0 spiro atoms. The predicted molar refractivity (Wildman–Crippen MR) is 73.7 cm³/mol. The van der Waals surface area contributed by atoms with Crippen molar-refractivity contribution in [2.75, 3.05) is 19.6 Å². The van der Waals surface area contributed by atoms with Crippen LogP contribution >= 0.6 is 0 Å². The average Bonchev–Trinajstić information content (AvgIpc) is 2.40. The normalized spacial score (nSPS) is 32.6. The van der Waals surface area contributed by atoms with E-state index in [1.54, 1.807) is 4.31 Å². The fourth-order valence-electron chi connectivity index (χ4n) is 3.23. The Labute approximate surface area is 111 Å². The van der Waals surface area contributed by atoms with Crippen LogP contribution in [-0.4, -0.2) is 37.6 Å². The van der Waals surface area contributed by atoms with E-state index >= 15 is 0 Å². The highest BCUT2D eigenvalue weighted by molar-refractivity contribution is 7.89. The zero-order valence-electron chi connectivity index (χ0n) is 11.3. The molecular formula is C13H26N2O2S. The molecule has 1 aliphatic carbocycles. The molecule has 18 heavy (non-hydrogen) atoms. The van der Waals surface area contributed by atoms with Gasteiger partial charge in [0.05, 0.1) is 5.25 Å². The zero-order chi connectivity index (χ0) is 13.2. The van der Waals surface area contributed by atoms with Gasteiger partial charge < -0.3 is 5.73 Å². The van der Waals surface area contributed by atoms with E-state index in [2.05, 4.69) is 6.92 Å². The van der Waals surface area contributed by atoms with Gasteiger partial charge in [-0.05, 0) is 37.6 Å². The summed E-state index contributed by atoms with van der Waals surface area (Å²) in [4.78, 5) is 0. The van der Waals surface area contributed by atoms with Crippen molar-refractivity contribution >= 4 is 10.0 Å². The largest absolute Gasteiger partial charge is 0.330 e. The number of hydrogen-bond donors (Lipinski definition) is 1. The molecule has 2 unspecified atom stereocenters. The van der Waals surface area contributed by atoms with Gasteiger partial charge in [0.1, 0.15) is 0 Å². The predicted octanol–water partition coefficient (Wildman–Crippen LogP) is 1.57. The Kier molecular flexibility index (Phi) is 4.67. The Bertz CT molecular complexity index is 363. The summed E-state index contributed by atoms with van der Waals surface area (Å²) in [6.07, 6.45) is 5.97. The van der Waals surface area contributed by atoms with E-state index in [9.17, 15) is 8.42 Å². The first kappa shape index (κ1) is 14.3. The molecule has 0 radical (unpaired) electrons. The van der Waals surface area contributed by atoms with Gasteiger partial charge in [-0.15, -0.1) is 0 Å². The molecule has 5 heteroatoms. The van der Waals surface area contributed by atoms with Crippen molar-refractivity contribution in [3.05, 3.63) is 0 Å². The Hall–Kier alpha value is -0.130. The third kappa shape index (κ3) is 2.89. The van der Waals surface area contributed by atoms with Gasteiger partial charge in [-0.25, -0.2) is 12.7 Å². The summed E-state index contributed by atoms with van der Waals surface area (Å²) < 4.78 is 26.9. The molecule has 0 amide bonds. The summed E-state index contributed by atoms with van der Waals surface area (Å²) in [5, 5.41) is -0.127. The lowest BCUT2D eigenvalue weighted by molar-refractivity contribution is 0.201. The molecule has 2 rings (SSSR count). The Morgan fingerprint density at radius 2 is 1.83 bits per heavy atom. The lowest BCUT2D eigenvalue weighted by Gasteiger charge is -2.38. The van der Waals surface area contributed by atoms with Crippen molar-refractivity contribution in [1.82, 2.24) is 4.31 Å². The van der Waals surface area contributed by atoms with Gasteiger partial charge in [-0.1, -0.05) is 26.2 Å². The lowest BCUT2D eigenvalue weighted by atomic mass is 9.88. The van der Waals surface area contributed by atoms with Gasteiger partial charge >= 0.3 is 0 Å². The molecule has 1 aliphatic heterocycles. The second kappa shape index (κ2) is 5.88. The van der Waals surface area contributed by atoms with E-state index in [-0.39, 0.29) is 5.25 Å². The number of sulfonamides is 1. The SMILES string of the molecule is CC1CCN(S(=O)(=O)C2CCCCC2)CC1CN. The van der Waals surface area contributed by atoms with Gasteiger partial charge in [0.2, 0.25) is 10.0 Å². The highest BCUT2D eigenvalue weighted by atomic mass is 32.2. The van der Waals surface area contributed by atoms with Crippen molar-refractivity contribution in [3.63, 3.8) is 0 Å². The van der Waals surface area contributed by atoms with E-state index in [1.165, 1.54) is 6.42 Å². The van der Waals surface area contributed by atoms with Crippen LogP contribution in [0.2, 0.25) is 0 Å². The van der Waals surface area contributed by atoms with Crippen LogP contribution in [0.1, 0.15) is 45.4 Å². The molecule has 2 N–H and O–H groups in total. The molecule has 0 bridgehead atoms. The fourth-order valence-corrected chi connectivity index (χ4v) is 5.34. The van der Waals surface area contributed by atoms with Gasteiger partial charge in [-0.3, -0.25) is 0 Å². The van der Waals surface area contributed by atoms with Gasteiger partial charge in [0, 0.05) is 13.1 Å². The van der Waals surface area contributed by atoms with Crippen molar-refractivity contribution < 1.29 is 8.42 Å². The van der Waals surface area contributed by atoms with Gasteiger partial charge in [0.25, 0.3) is 0 Å². The highest BCUT2D eigenvalue weighted by Crippen LogP contribution is 2.30. The van der Waals surface area contributed by atoms with Crippen molar-refractivity contribution in [2.45, 2.75) is 50.7 Å². The number of rotatable bonds is 3. The molecular weight excluding hydrogens is 248 g/mol. The van der Waals surface area contributed by atoms with Crippen LogP contribution in [0.25, 0.3) is 0 Å². The van der Waals surface area contributed by atoms with Crippen molar-refractivity contribution in [1.29, 1.82) is 0 Å². The monoisotopic (exact) mass is 274 g/mol. The van der Waals surface area contributed by atoms with E-state index < -0.39 is 10.0 Å². The summed E-state index contributed by atoms with van der Waals surface area (Å²) in [6, 6.07) is 0. The first-order valence-corrected chi connectivity index (χ1v) is 8.75. The maximum Gasteiger partial charge on any atom is 0.216 e. The standard InChI is InChI=1S/C13H26N2O2S/c1-11-7-8-15(10-12(11)9-14)18(16,17)13-5-3-2-4-6-13/h11-13H,2-10,14H2,1H3. The molecule has 1 saturated carbocycles. The van der Waals surface area contributed by atoms with Gasteiger partial charge in [0.15, 0.2) is 0 Å². The summed E-state index contributed by atoms with van der Waals surface area (Å²) >= 11 is 0. The molecule has 2 fully saturated rings. The minimum Gasteiger partial charge on any atom is -0.330 e. The number of hydrogen-bond acceptors (Lipinski definition) is 3. The first-order chi connectivity index (χ1) is 8.55. The molecule has 2 aliphatic rings. The molecule has 2 atom stereocenters. The number of nitrogens with two attached hydrogens (primary N) is 1. The molecule has 1 heterocycles. The quantitative estimate of drug-likeness (QED) is 0.849. The summed E-state index contributed by atoms with van der Waals surface area (Å²) in [6.45, 7) is 4.10. The summed E-state index contributed by atoms with van der Waals surface area (Å²) in [5.74, 6) is 0.880. The van der Waals surface area contributed by atoms with Crippen LogP contribution < -0.4 is 5.73 Å². The zero-order valence-corrected chi connectivity index (χ0v) is 12.2. The van der Waals surface area contributed by atoms with Crippen molar-refractivity contribution in [2.24, 2.45) is 17.6 Å². The van der Waals surface area contributed by atoms with Crippen LogP contribution in [0, 0.1) is 11.8 Å². The highest BCUT2D eigenvalue weighted by Gasteiger charge is 2.37. The average molecular weight is 274 g/mol. The molecule has 1 saturated heterocycles. The van der Waals surface area contributed by atoms with E-state index in [1.807, 2.05) is 0 Å². The topological polar surface area (TPSA) is 63.4 Å². The summed E-state index contributed by atoms with van der Waals surface area (Å²) in [7, 11) is -3.07. The van der Waals surface area contributed by atoms with E-state index in [0.717, 1.165) is 32.1 Å². The second-order valence-corrected chi connectivity index (χ2v) is 8.14. The van der Waals surface area contributed by atoms with E-state index in [0.29, 0.717) is 31.5 Å². The Morgan fingerprint density at radius 1 is 1.17 bits per heavy atom. The van der Waals surface area contributed by atoms with Gasteiger partial charge in [-0.2, -0.15) is 0 Å². The molecule has 4 nitrogen and oxygen atoms in total. The van der Waals surface area contributed by atoms with Crippen LogP contribution in [0.15, 0.2) is 0 Å². The maximum absolute atomic E-state index is 12.6. The third-order valence-electron chi connectivity index (χ3n) is 4.71. The van der Waals surface area contributed by atoms with Crippen molar-refractivity contribution in [3.8, 4) is 0 Å². The third-order valence-corrected chi connectivity index (χ3v) is 7.08. The number of piperidine rings is 1.